The number of carbonyl (C=O) groups is 4. The molecule has 0 spiro atoms. The molecule has 2 saturated heterocycles. The molecule has 12 nitrogen and oxygen atoms in total. The molecular weight excluding hydrogens is 588 g/mol. The first-order valence-electron chi connectivity index (χ1n) is 16.7. The van der Waals surface area contributed by atoms with E-state index in [1.54, 1.807) is 15.9 Å². The summed E-state index contributed by atoms with van der Waals surface area (Å²) in [6.07, 6.45) is 3.55. The van der Waals surface area contributed by atoms with Crippen molar-refractivity contribution in [2.24, 2.45) is 17.8 Å². The minimum atomic E-state index is -0.723. The van der Waals surface area contributed by atoms with E-state index in [2.05, 4.69) is 15.2 Å². The maximum atomic E-state index is 13.8. The first kappa shape index (κ1) is 33.2. The first-order valence-corrected chi connectivity index (χ1v) is 16.7. The Hall–Kier alpha value is -4.22. The number of piperazine rings is 1. The number of carbonyl (C=O) groups excluding carboxylic acids is 4. The molecule has 2 aromatic rings. The summed E-state index contributed by atoms with van der Waals surface area (Å²) in [5.74, 6) is 0.637. The molecule has 3 amide bonds. The third kappa shape index (κ3) is 7.76. The van der Waals surface area contributed by atoms with E-state index in [1.165, 1.54) is 0 Å². The number of benzene rings is 1. The summed E-state index contributed by atoms with van der Waals surface area (Å²) in [6, 6.07) is 10.4. The Bertz CT molecular complexity index is 1370. The molecule has 1 N–H and O–H groups in total. The number of ether oxygens (including phenoxy) is 2. The number of fused-ring (bicyclic) bond motifs is 1. The molecular formula is C34H46N6O6. The average Bonchev–Trinajstić information content (AvgIpc) is 3.59. The van der Waals surface area contributed by atoms with Gasteiger partial charge in [0.05, 0.1) is 19.1 Å². The van der Waals surface area contributed by atoms with E-state index in [0.29, 0.717) is 70.5 Å². The zero-order valence-corrected chi connectivity index (χ0v) is 27.2. The number of hydrogen-bond acceptors (Lipinski definition) is 9. The monoisotopic (exact) mass is 634 g/mol. The van der Waals surface area contributed by atoms with Crippen LogP contribution in [-0.2, 0) is 19.1 Å². The number of nitrogens with one attached hydrogen (secondary N) is 1. The second kappa shape index (κ2) is 15.4. The fourth-order valence-corrected chi connectivity index (χ4v) is 6.35. The molecule has 1 aliphatic carbocycles. The standard InChI is InChI=1S/C34H46N6O6/c1-4-7-14-26(32(42)38-15-17-39(18-16-38)34(44)46-19-8-5-2)36-31(41)27-20-28(37-30(35-27)23-12-10-9-11-13-23)40-21-24-25(22-40)29(24)33(43)45-6-3/h9-13,20,24-26,29H,4-8,14-19,21-22H2,1-3H3,(H,36,41)/t24-,25+,26-,29-/m0/s1. The summed E-state index contributed by atoms with van der Waals surface area (Å²) in [7, 11) is 0. The van der Waals surface area contributed by atoms with Crippen LogP contribution in [-0.4, -0.2) is 102 Å². The van der Waals surface area contributed by atoms with Gasteiger partial charge in [-0.05, 0) is 31.6 Å². The van der Waals surface area contributed by atoms with Crippen LogP contribution in [0.1, 0.15) is 63.4 Å². The maximum absolute atomic E-state index is 13.8. The van der Waals surface area contributed by atoms with Crippen molar-refractivity contribution in [1.82, 2.24) is 25.1 Å². The number of aromatic nitrogens is 2. The molecule has 1 aromatic heterocycles. The smallest absolute Gasteiger partial charge is 0.409 e. The molecule has 2 aliphatic heterocycles. The molecule has 3 heterocycles. The van der Waals surface area contributed by atoms with Gasteiger partial charge in [-0.15, -0.1) is 0 Å². The molecule has 1 saturated carbocycles. The van der Waals surface area contributed by atoms with Crippen molar-refractivity contribution < 1.29 is 28.7 Å². The van der Waals surface area contributed by atoms with E-state index in [-0.39, 0.29) is 41.4 Å². The molecule has 0 radical (unpaired) electrons. The van der Waals surface area contributed by atoms with Gasteiger partial charge in [-0.2, -0.15) is 0 Å². The fraction of sp³-hybridized carbons (Fsp3) is 0.588. The van der Waals surface area contributed by atoms with Crippen LogP contribution < -0.4 is 10.2 Å². The SMILES string of the molecule is CCCCOC(=O)N1CCN(C(=O)[C@H](CCCC)NC(=O)c2cc(N3C[C@@H]4[C@H](C3)[C@@H]4C(=O)OCC)nc(-c3ccccc3)n2)CC1. The number of piperidine rings is 1. The van der Waals surface area contributed by atoms with Crippen LogP contribution >= 0.6 is 0 Å². The van der Waals surface area contributed by atoms with Crippen LogP contribution in [0.3, 0.4) is 0 Å². The third-order valence-electron chi connectivity index (χ3n) is 9.08. The van der Waals surface area contributed by atoms with Gasteiger partial charge in [0.2, 0.25) is 5.91 Å². The highest BCUT2D eigenvalue weighted by Gasteiger charge is 2.60. The average molecular weight is 635 g/mol. The minimum Gasteiger partial charge on any atom is -0.466 e. The molecule has 5 rings (SSSR count). The number of anilines is 1. The van der Waals surface area contributed by atoms with E-state index in [9.17, 15) is 19.2 Å². The van der Waals surface area contributed by atoms with Gasteiger partial charge in [0.1, 0.15) is 17.6 Å². The summed E-state index contributed by atoms with van der Waals surface area (Å²) in [6.45, 7) is 9.48. The Morgan fingerprint density at radius 1 is 0.891 bits per heavy atom. The first-order chi connectivity index (χ1) is 22.3. The molecule has 46 heavy (non-hydrogen) atoms. The highest BCUT2D eigenvalue weighted by molar-refractivity contribution is 5.97. The lowest BCUT2D eigenvalue weighted by Gasteiger charge is -2.36. The minimum absolute atomic E-state index is 0.0756. The molecule has 0 unspecified atom stereocenters. The van der Waals surface area contributed by atoms with Crippen LogP contribution in [0.4, 0.5) is 10.6 Å². The summed E-state index contributed by atoms with van der Waals surface area (Å²) >= 11 is 0. The number of unbranched alkanes of at least 4 members (excludes halogenated alkanes) is 2. The molecule has 3 aliphatic rings. The number of amides is 3. The lowest BCUT2D eigenvalue weighted by Crippen LogP contribution is -2.56. The van der Waals surface area contributed by atoms with Crippen LogP contribution in [0.15, 0.2) is 36.4 Å². The fourth-order valence-electron chi connectivity index (χ4n) is 6.35. The Morgan fingerprint density at radius 2 is 1.57 bits per heavy atom. The van der Waals surface area contributed by atoms with Gasteiger partial charge in [0, 0.05) is 50.9 Å². The van der Waals surface area contributed by atoms with Crippen molar-refractivity contribution in [1.29, 1.82) is 0 Å². The number of nitrogens with zero attached hydrogens (tertiary/aromatic N) is 5. The zero-order chi connectivity index (χ0) is 32.6. The van der Waals surface area contributed by atoms with Crippen molar-refractivity contribution in [2.75, 3.05) is 57.4 Å². The summed E-state index contributed by atoms with van der Waals surface area (Å²) in [5.41, 5.74) is 0.956. The predicted octanol–water partition coefficient (Wildman–Crippen LogP) is 3.76. The van der Waals surface area contributed by atoms with Gasteiger partial charge in [-0.1, -0.05) is 63.4 Å². The van der Waals surface area contributed by atoms with E-state index in [1.807, 2.05) is 51.1 Å². The van der Waals surface area contributed by atoms with Crippen LogP contribution in [0.2, 0.25) is 0 Å². The Balaban J connectivity index is 1.28. The highest BCUT2D eigenvalue weighted by atomic mass is 16.6. The Kier molecular flexibility index (Phi) is 11.1. The van der Waals surface area contributed by atoms with Gasteiger partial charge in [-0.25, -0.2) is 14.8 Å². The zero-order valence-electron chi connectivity index (χ0n) is 27.2. The second-order valence-electron chi connectivity index (χ2n) is 12.3. The van der Waals surface area contributed by atoms with Gasteiger partial charge < -0.3 is 29.5 Å². The van der Waals surface area contributed by atoms with Crippen molar-refractivity contribution in [2.45, 2.75) is 58.9 Å². The molecule has 4 atom stereocenters. The molecule has 1 aromatic carbocycles. The highest BCUT2D eigenvalue weighted by Crippen LogP contribution is 2.53. The summed E-state index contributed by atoms with van der Waals surface area (Å²) in [5, 5.41) is 2.98. The quantitative estimate of drug-likeness (QED) is 0.258. The summed E-state index contributed by atoms with van der Waals surface area (Å²) in [4.78, 5) is 67.1. The lowest BCUT2D eigenvalue weighted by atomic mass is 10.1. The second-order valence-corrected chi connectivity index (χ2v) is 12.3. The largest absolute Gasteiger partial charge is 0.466 e. The lowest BCUT2D eigenvalue weighted by molar-refractivity contribution is -0.145. The van der Waals surface area contributed by atoms with Crippen molar-refractivity contribution in [3.8, 4) is 11.4 Å². The van der Waals surface area contributed by atoms with Crippen LogP contribution in [0, 0.1) is 17.8 Å². The van der Waals surface area contributed by atoms with Crippen molar-refractivity contribution in [3.05, 3.63) is 42.1 Å². The van der Waals surface area contributed by atoms with Crippen LogP contribution in [0.5, 0.6) is 0 Å². The molecule has 248 valence electrons. The number of rotatable bonds is 13. The van der Waals surface area contributed by atoms with Gasteiger partial charge in [0.25, 0.3) is 5.91 Å². The molecule has 0 bridgehead atoms. The van der Waals surface area contributed by atoms with E-state index >= 15 is 0 Å². The normalized spacial score (nSPS) is 20.9. The summed E-state index contributed by atoms with van der Waals surface area (Å²) < 4.78 is 10.6. The van der Waals surface area contributed by atoms with E-state index in [0.717, 1.165) is 31.2 Å². The van der Waals surface area contributed by atoms with E-state index in [4.69, 9.17) is 14.5 Å². The number of esters is 1. The number of hydrogen-bond donors (Lipinski definition) is 1. The van der Waals surface area contributed by atoms with Gasteiger partial charge in [-0.3, -0.25) is 14.4 Å². The Labute approximate surface area is 270 Å². The van der Waals surface area contributed by atoms with Gasteiger partial charge >= 0.3 is 12.1 Å². The Morgan fingerprint density at radius 3 is 2.22 bits per heavy atom. The van der Waals surface area contributed by atoms with Crippen LogP contribution in [0.25, 0.3) is 11.4 Å². The predicted molar refractivity (Wildman–Crippen MR) is 172 cm³/mol. The third-order valence-corrected chi connectivity index (χ3v) is 9.08. The van der Waals surface area contributed by atoms with E-state index < -0.39 is 11.9 Å². The molecule has 12 heteroatoms. The van der Waals surface area contributed by atoms with Gasteiger partial charge in [0.15, 0.2) is 5.82 Å². The maximum Gasteiger partial charge on any atom is 0.409 e. The topological polar surface area (TPSA) is 134 Å². The van der Waals surface area contributed by atoms with Crippen molar-refractivity contribution in [3.63, 3.8) is 0 Å². The van der Waals surface area contributed by atoms with Crippen molar-refractivity contribution >= 4 is 29.7 Å². The molecule has 3 fully saturated rings.